The number of hydrogen-bond donors (Lipinski definition) is 0. The summed E-state index contributed by atoms with van der Waals surface area (Å²) < 4.78 is 2.27. The number of para-hydroxylation sites is 1. The average molecular weight is 668 g/mol. The Hall–Kier alpha value is -2.77. The second-order valence-electron chi connectivity index (χ2n) is 11.4. The summed E-state index contributed by atoms with van der Waals surface area (Å²) in [5.74, 6) is 0. The Morgan fingerprint density at radius 1 is 0.714 bits per heavy atom. The van der Waals surface area contributed by atoms with Crippen LogP contribution in [-0.2, 0) is 26.2 Å². The summed E-state index contributed by atoms with van der Waals surface area (Å²) in [5, 5.41) is 6.47. The van der Waals surface area contributed by atoms with E-state index in [9.17, 15) is 0 Å². The fourth-order valence-corrected chi connectivity index (χ4v) is 5.92. The van der Waals surface area contributed by atoms with Gasteiger partial charge in [0.1, 0.15) is 0 Å². The molecule has 4 heteroatoms. The largest absolute Gasteiger partial charge is 4.00 e. The summed E-state index contributed by atoms with van der Waals surface area (Å²) in [6.07, 6.45) is 5.59. The third-order valence-electron chi connectivity index (χ3n) is 8.59. The minimum atomic E-state index is 0. The SMILES string of the molecule is CC1=[C-]C(C)(C)C(C)=C1C.Cc1ccc(-c2cc3ccc(-n4ccc5ccccc54)cc3[cH-]2)c2ccccc12.[Cl-].[Cl-].[Zr+4]. The van der Waals surface area contributed by atoms with Gasteiger partial charge in [0.25, 0.3) is 0 Å². The van der Waals surface area contributed by atoms with Crippen LogP contribution in [0.2, 0.25) is 0 Å². The zero-order valence-corrected chi connectivity index (χ0v) is 29.0. The van der Waals surface area contributed by atoms with Gasteiger partial charge in [0.15, 0.2) is 0 Å². The minimum absolute atomic E-state index is 0. The fourth-order valence-electron chi connectivity index (χ4n) is 5.92. The van der Waals surface area contributed by atoms with Gasteiger partial charge in [0.2, 0.25) is 0 Å². The molecule has 0 radical (unpaired) electrons. The molecule has 1 heterocycles. The van der Waals surface area contributed by atoms with E-state index in [4.69, 9.17) is 0 Å². The van der Waals surface area contributed by atoms with Crippen LogP contribution in [0.3, 0.4) is 0 Å². The molecule has 0 unspecified atom stereocenters. The standard InChI is InChI=1S/C28H20N.C10H15.2ClH.Zr/c1-19-10-13-26(27-8-4-3-7-25(19)27)23-16-21-11-12-24(18-22(21)17-23)29-15-14-20-6-2-5-9-28(20)29;1-7-6-10(4,5)9(3)8(7)2;;;/h2-18H,1H3;1-5H3;2*1H;/q2*-1;;;+4/p-2. The molecular formula is C38H35Cl2NZr. The first-order valence-corrected chi connectivity index (χ1v) is 13.8. The predicted molar refractivity (Wildman–Crippen MR) is 169 cm³/mol. The van der Waals surface area contributed by atoms with E-state index in [0.717, 1.165) is 0 Å². The first-order chi connectivity index (χ1) is 18.7. The van der Waals surface area contributed by atoms with Gasteiger partial charge in [-0.15, -0.1) is 35.4 Å². The van der Waals surface area contributed by atoms with Crippen LogP contribution in [0.15, 0.2) is 120 Å². The molecule has 0 atom stereocenters. The van der Waals surface area contributed by atoms with Gasteiger partial charge in [0.05, 0.1) is 5.52 Å². The molecule has 210 valence electrons. The molecule has 1 nitrogen and oxygen atoms in total. The van der Waals surface area contributed by atoms with Gasteiger partial charge in [-0.3, -0.25) is 6.08 Å². The molecule has 0 amide bonds. The molecular weight excluding hydrogens is 633 g/mol. The molecule has 7 rings (SSSR count). The van der Waals surface area contributed by atoms with Crippen molar-refractivity contribution in [1.29, 1.82) is 0 Å². The Labute approximate surface area is 281 Å². The first kappa shape index (κ1) is 33.7. The summed E-state index contributed by atoms with van der Waals surface area (Å²) in [6.45, 7) is 13.1. The maximum atomic E-state index is 3.44. The molecule has 1 aliphatic carbocycles. The quantitative estimate of drug-likeness (QED) is 0.235. The predicted octanol–water partition coefficient (Wildman–Crippen LogP) is 4.75. The Morgan fingerprint density at radius 3 is 2.07 bits per heavy atom. The summed E-state index contributed by atoms with van der Waals surface area (Å²) >= 11 is 0. The molecule has 0 saturated heterocycles. The maximum absolute atomic E-state index is 3.44. The normalized spacial score (nSPS) is 13.6. The van der Waals surface area contributed by atoms with Crippen LogP contribution in [0.4, 0.5) is 0 Å². The van der Waals surface area contributed by atoms with Gasteiger partial charge in [-0.05, 0) is 40.8 Å². The number of hydrogen-bond acceptors (Lipinski definition) is 0. The monoisotopic (exact) mass is 665 g/mol. The zero-order valence-electron chi connectivity index (χ0n) is 25.0. The van der Waals surface area contributed by atoms with Crippen LogP contribution < -0.4 is 24.8 Å². The molecule has 0 spiro atoms. The molecule has 0 aliphatic heterocycles. The molecule has 0 bridgehead atoms. The number of allylic oxidation sites excluding steroid dienone is 4. The number of halogens is 2. The van der Waals surface area contributed by atoms with Gasteiger partial charge in [-0.2, -0.15) is 11.1 Å². The van der Waals surface area contributed by atoms with Gasteiger partial charge in [-0.25, -0.2) is 5.57 Å². The van der Waals surface area contributed by atoms with Crippen LogP contribution in [0.1, 0.15) is 40.2 Å². The van der Waals surface area contributed by atoms with E-state index in [0.29, 0.717) is 0 Å². The number of nitrogens with zero attached hydrogens (tertiary/aromatic N) is 1. The number of aryl methyl sites for hydroxylation is 1. The third kappa shape index (κ3) is 6.14. The molecule has 6 aromatic rings. The summed E-state index contributed by atoms with van der Waals surface area (Å²) in [4.78, 5) is 0. The molecule has 1 aromatic heterocycles. The van der Waals surface area contributed by atoms with E-state index < -0.39 is 0 Å². The van der Waals surface area contributed by atoms with E-state index in [1.807, 2.05) is 0 Å². The maximum Gasteiger partial charge on any atom is 4.00 e. The second kappa shape index (κ2) is 13.3. The van der Waals surface area contributed by atoms with E-state index in [1.165, 1.54) is 71.5 Å². The van der Waals surface area contributed by atoms with Crippen LogP contribution in [-0.4, -0.2) is 4.57 Å². The number of fused-ring (bicyclic) bond motifs is 3. The van der Waals surface area contributed by atoms with Gasteiger partial charge in [-0.1, -0.05) is 111 Å². The summed E-state index contributed by atoms with van der Waals surface area (Å²) in [7, 11) is 0. The molecule has 1 aliphatic rings. The van der Waals surface area contributed by atoms with Gasteiger partial charge < -0.3 is 29.4 Å². The van der Waals surface area contributed by atoms with Crippen LogP contribution in [0.25, 0.3) is 49.3 Å². The third-order valence-corrected chi connectivity index (χ3v) is 8.59. The van der Waals surface area contributed by atoms with E-state index in [-0.39, 0.29) is 56.4 Å². The Morgan fingerprint density at radius 2 is 1.40 bits per heavy atom. The molecule has 0 saturated carbocycles. The van der Waals surface area contributed by atoms with Crippen molar-refractivity contribution in [3.63, 3.8) is 0 Å². The van der Waals surface area contributed by atoms with Crippen molar-refractivity contribution in [2.24, 2.45) is 5.41 Å². The Balaban J connectivity index is 0.000000322. The zero-order chi connectivity index (χ0) is 27.3. The fraction of sp³-hybridized carbons (Fsp3) is 0.184. The first-order valence-electron chi connectivity index (χ1n) is 13.8. The topological polar surface area (TPSA) is 4.93 Å². The van der Waals surface area contributed by atoms with Crippen molar-refractivity contribution in [2.75, 3.05) is 0 Å². The van der Waals surface area contributed by atoms with Crippen molar-refractivity contribution >= 4 is 32.4 Å². The van der Waals surface area contributed by atoms with Crippen LogP contribution in [0, 0.1) is 18.4 Å². The van der Waals surface area contributed by atoms with E-state index in [2.05, 4.69) is 155 Å². The molecule has 0 N–H and O–H groups in total. The van der Waals surface area contributed by atoms with Crippen LogP contribution >= 0.6 is 0 Å². The van der Waals surface area contributed by atoms with E-state index >= 15 is 0 Å². The number of rotatable bonds is 2. The van der Waals surface area contributed by atoms with Crippen molar-refractivity contribution in [2.45, 2.75) is 41.5 Å². The molecule has 42 heavy (non-hydrogen) atoms. The summed E-state index contributed by atoms with van der Waals surface area (Å²) in [5.41, 5.74) is 10.7. The Bertz CT molecular complexity index is 1930. The molecule has 5 aromatic carbocycles. The molecule has 0 fully saturated rings. The summed E-state index contributed by atoms with van der Waals surface area (Å²) in [6, 6.07) is 35.2. The van der Waals surface area contributed by atoms with E-state index in [1.54, 1.807) is 0 Å². The average Bonchev–Trinajstić information content (AvgIpc) is 3.60. The Kier molecular flexibility index (Phi) is 10.6. The van der Waals surface area contributed by atoms with Crippen molar-refractivity contribution in [3.8, 4) is 16.8 Å². The number of benzene rings is 4. The van der Waals surface area contributed by atoms with Crippen molar-refractivity contribution in [3.05, 3.63) is 132 Å². The van der Waals surface area contributed by atoms with Crippen molar-refractivity contribution < 1.29 is 51.0 Å². The minimum Gasteiger partial charge on any atom is -1.00 e. The van der Waals surface area contributed by atoms with Crippen molar-refractivity contribution in [1.82, 2.24) is 4.57 Å². The van der Waals surface area contributed by atoms with Gasteiger partial charge >= 0.3 is 26.2 Å². The second-order valence-corrected chi connectivity index (χ2v) is 11.4. The van der Waals surface area contributed by atoms with Gasteiger partial charge in [0, 0.05) is 11.9 Å². The van der Waals surface area contributed by atoms with Crippen LogP contribution in [0.5, 0.6) is 0 Å². The smallest absolute Gasteiger partial charge is 1.00 e. The number of aromatic nitrogens is 1.